The van der Waals surface area contributed by atoms with E-state index in [-0.39, 0.29) is 44.2 Å². The molecule has 1 N–H and O–H groups in total. The molecule has 3 fully saturated rings. The second kappa shape index (κ2) is 11.7. The van der Waals surface area contributed by atoms with Crippen molar-refractivity contribution in [2.45, 2.75) is 70.0 Å². The molecule has 0 aliphatic carbocycles. The molecule has 4 heterocycles. The summed E-state index contributed by atoms with van der Waals surface area (Å²) < 4.78 is 13.7. The number of carbonyl (C=O) groups is 3. The molecule has 11 heteroatoms. The normalized spacial score (nSPS) is 28.0. The lowest BCUT2D eigenvalue weighted by molar-refractivity contribution is -0.157. The molecule has 2 aromatic rings. The number of carbonyl (C=O) groups excluding carboxylic acids is 3. The van der Waals surface area contributed by atoms with Gasteiger partial charge in [0.1, 0.15) is 23.8 Å². The molecule has 5 rings (SSSR count). The Morgan fingerprint density at radius 3 is 2.80 bits per heavy atom. The van der Waals surface area contributed by atoms with Gasteiger partial charge in [-0.3, -0.25) is 14.4 Å². The van der Waals surface area contributed by atoms with Crippen LogP contribution in [0.15, 0.2) is 49.6 Å². The van der Waals surface area contributed by atoms with Gasteiger partial charge in [0, 0.05) is 6.54 Å². The van der Waals surface area contributed by atoms with Gasteiger partial charge in [-0.15, -0.1) is 18.3 Å². The van der Waals surface area contributed by atoms with Crippen LogP contribution in [-0.2, 0) is 30.5 Å². The molecule has 11 nitrogen and oxygen atoms in total. The summed E-state index contributed by atoms with van der Waals surface area (Å²) in [7, 11) is 0. The van der Waals surface area contributed by atoms with E-state index in [1.165, 1.54) is 4.90 Å². The summed E-state index contributed by atoms with van der Waals surface area (Å²) in [4.78, 5) is 45.3. The second-order valence-electron chi connectivity index (χ2n) is 11.3. The van der Waals surface area contributed by atoms with E-state index in [4.69, 9.17) is 9.47 Å². The molecule has 41 heavy (non-hydrogen) atoms. The minimum Gasteiger partial charge on any atom is -0.465 e. The molecule has 2 amide bonds. The highest BCUT2D eigenvalue weighted by Gasteiger charge is 2.75. The van der Waals surface area contributed by atoms with Crippen LogP contribution in [0, 0.1) is 17.8 Å². The Balaban J connectivity index is 1.54. The molecule has 7 atom stereocenters. The number of rotatable bonds is 13. The Morgan fingerprint density at radius 2 is 2.10 bits per heavy atom. The predicted molar refractivity (Wildman–Crippen MR) is 150 cm³/mol. The van der Waals surface area contributed by atoms with Gasteiger partial charge in [0.05, 0.1) is 42.7 Å². The van der Waals surface area contributed by atoms with Crippen LogP contribution in [0.25, 0.3) is 11.0 Å². The third-order valence-electron chi connectivity index (χ3n) is 9.04. The molecule has 2 bridgehead atoms. The van der Waals surface area contributed by atoms with Gasteiger partial charge in [-0.05, 0) is 37.3 Å². The Kier molecular flexibility index (Phi) is 8.28. The largest absolute Gasteiger partial charge is 0.465 e. The monoisotopic (exact) mass is 565 g/mol. The number of aliphatic hydroxyl groups excluding tert-OH is 1. The molecule has 220 valence electrons. The van der Waals surface area contributed by atoms with E-state index in [1.807, 2.05) is 38.1 Å². The maximum Gasteiger partial charge on any atom is 0.312 e. The van der Waals surface area contributed by atoms with E-state index < -0.39 is 41.6 Å². The van der Waals surface area contributed by atoms with Crippen LogP contribution in [0.5, 0.6) is 0 Å². The molecular weight excluding hydrogens is 526 g/mol. The number of hydrogen-bond acceptors (Lipinski definition) is 8. The average molecular weight is 566 g/mol. The topological polar surface area (TPSA) is 127 Å². The Morgan fingerprint density at radius 1 is 1.32 bits per heavy atom. The van der Waals surface area contributed by atoms with Gasteiger partial charge < -0.3 is 24.4 Å². The Hall–Kier alpha value is -3.57. The molecular formula is C30H39N5O6. The summed E-state index contributed by atoms with van der Waals surface area (Å²) in [5, 5.41) is 19.0. The third-order valence-corrected chi connectivity index (χ3v) is 9.04. The first-order valence-electron chi connectivity index (χ1n) is 14.4. The predicted octanol–water partition coefficient (Wildman–Crippen LogP) is 2.30. The molecule has 2 unspecified atom stereocenters. The van der Waals surface area contributed by atoms with Gasteiger partial charge in [0.25, 0.3) is 0 Å². The second-order valence-corrected chi connectivity index (χ2v) is 11.3. The number of aliphatic hydroxyl groups is 1. The zero-order valence-electron chi connectivity index (χ0n) is 23.7. The van der Waals surface area contributed by atoms with Crippen molar-refractivity contribution >= 4 is 28.8 Å². The molecule has 1 spiro atoms. The highest BCUT2D eigenvalue weighted by atomic mass is 16.6. The van der Waals surface area contributed by atoms with Crippen LogP contribution < -0.4 is 0 Å². The van der Waals surface area contributed by atoms with E-state index in [2.05, 4.69) is 23.5 Å². The van der Waals surface area contributed by atoms with Gasteiger partial charge in [-0.25, -0.2) is 4.68 Å². The first-order valence-corrected chi connectivity index (χ1v) is 14.4. The van der Waals surface area contributed by atoms with Crippen LogP contribution in [0.1, 0.15) is 39.5 Å². The lowest BCUT2D eigenvalue weighted by atomic mass is 9.70. The summed E-state index contributed by atoms with van der Waals surface area (Å²) in [5.74, 6) is -2.97. The lowest BCUT2D eigenvalue weighted by Gasteiger charge is -2.40. The smallest absolute Gasteiger partial charge is 0.312 e. The summed E-state index contributed by atoms with van der Waals surface area (Å²) in [6.07, 6.45) is 4.93. The molecule has 3 aliphatic heterocycles. The first kappa shape index (κ1) is 28.9. The number of hydrogen-bond donors (Lipinski definition) is 1. The number of fused-ring (bicyclic) bond motifs is 2. The maximum absolute atomic E-state index is 14.6. The Bertz CT molecular complexity index is 1330. The van der Waals surface area contributed by atoms with Crippen molar-refractivity contribution in [3.05, 3.63) is 49.6 Å². The van der Waals surface area contributed by atoms with Crippen LogP contribution >= 0.6 is 0 Å². The van der Waals surface area contributed by atoms with Crippen molar-refractivity contribution in [3.8, 4) is 0 Å². The summed E-state index contributed by atoms with van der Waals surface area (Å²) in [6, 6.07) is 5.81. The van der Waals surface area contributed by atoms with Crippen LogP contribution in [0.2, 0.25) is 0 Å². The standard InChI is InChI=1S/C30H39N5O6/c1-5-8-16-40-29(39)24-23-13-14-30(41-23)25(24)27(37)35(22(17-36)19(4)7-3)26(30)28(38)33(15-6-2)18-34-21-12-10-9-11-20(21)31-32-34/h5-6,9-12,19,22-26,36H,1-2,7-8,13-18H2,3-4H3/t19-,22-,23+,24-,25-,26?,30?/m0/s1. The number of esters is 1. The number of amides is 2. The van der Waals surface area contributed by atoms with Crippen molar-refractivity contribution in [1.29, 1.82) is 0 Å². The van der Waals surface area contributed by atoms with Crippen molar-refractivity contribution in [2.75, 3.05) is 19.8 Å². The molecule has 0 saturated carbocycles. The lowest BCUT2D eigenvalue weighted by Crippen LogP contribution is -2.60. The van der Waals surface area contributed by atoms with E-state index in [1.54, 1.807) is 21.7 Å². The van der Waals surface area contributed by atoms with Crippen molar-refractivity contribution in [2.24, 2.45) is 17.8 Å². The fraction of sp³-hybridized carbons (Fsp3) is 0.567. The van der Waals surface area contributed by atoms with Gasteiger partial charge in [0.15, 0.2) is 0 Å². The first-order chi connectivity index (χ1) is 19.8. The fourth-order valence-electron chi connectivity index (χ4n) is 6.88. The SMILES string of the molecule is C=CCCOC(=O)[C@@H]1[C@H]2C(=O)N([C@@H](CO)[C@@H](C)CC)C(C(=O)N(CC=C)Cn3nnc4ccccc43)C23CC[C@H]1O3. The maximum atomic E-state index is 14.6. The summed E-state index contributed by atoms with van der Waals surface area (Å²) in [6.45, 7) is 11.6. The zero-order chi connectivity index (χ0) is 29.3. The summed E-state index contributed by atoms with van der Waals surface area (Å²) >= 11 is 0. The van der Waals surface area contributed by atoms with E-state index >= 15 is 0 Å². The number of likely N-dealkylation sites (tertiary alicyclic amines) is 1. The molecule has 1 aromatic heterocycles. The Labute approximate surface area is 239 Å². The minimum absolute atomic E-state index is 0.0776. The number of aromatic nitrogens is 3. The van der Waals surface area contributed by atoms with Crippen molar-refractivity contribution in [3.63, 3.8) is 0 Å². The van der Waals surface area contributed by atoms with Gasteiger partial charge in [0.2, 0.25) is 11.8 Å². The fourth-order valence-corrected chi connectivity index (χ4v) is 6.88. The average Bonchev–Trinajstić information content (AvgIpc) is 3.73. The minimum atomic E-state index is -1.20. The van der Waals surface area contributed by atoms with E-state index in [0.717, 1.165) is 5.52 Å². The number of para-hydroxylation sites is 1. The number of nitrogens with zero attached hydrogens (tertiary/aromatic N) is 5. The highest BCUT2D eigenvalue weighted by molar-refractivity contribution is 5.98. The number of benzene rings is 1. The van der Waals surface area contributed by atoms with Crippen molar-refractivity contribution in [1.82, 2.24) is 24.8 Å². The van der Waals surface area contributed by atoms with E-state index in [9.17, 15) is 19.5 Å². The van der Waals surface area contributed by atoms with Gasteiger partial charge in [-0.1, -0.05) is 49.8 Å². The van der Waals surface area contributed by atoms with E-state index in [0.29, 0.717) is 31.2 Å². The molecule has 3 aliphatic rings. The third kappa shape index (κ3) is 4.74. The molecule has 0 radical (unpaired) electrons. The molecule has 3 saturated heterocycles. The quantitative estimate of drug-likeness (QED) is 0.223. The highest BCUT2D eigenvalue weighted by Crippen LogP contribution is 2.59. The van der Waals surface area contributed by atoms with Gasteiger partial charge >= 0.3 is 5.97 Å². The molecule has 1 aromatic carbocycles. The summed E-state index contributed by atoms with van der Waals surface area (Å²) in [5.41, 5.74) is 0.256. The van der Waals surface area contributed by atoms with Gasteiger partial charge in [-0.2, -0.15) is 0 Å². The van der Waals surface area contributed by atoms with Crippen LogP contribution in [-0.4, -0.2) is 91.2 Å². The number of ether oxygens (including phenoxy) is 2. The zero-order valence-corrected chi connectivity index (χ0v) is 23.7. The van der Waals surface area contributed by atoms with Crippen LogP contribution in [0.3, 0.4) is 0 Å². The van der Waals surface area contributed by atoms with Crippen molar-refractivity contribution < 1.29 is 29.0 Å². The van der Waals surface area contributed by atoms with Crippen LogP contribution in [0.4, 0.5) is 0 Å².